The van der Waals surface area contributed by atoms with E-state index in [1.807, 2.05) is 24.3 Å². The number of methoxy groups -OCH3 is 1. The standard InChI is InChI=1S/C16H19NO2/c1-3-4-5-8-12-11-15(16(18)19-2)17-14-10-7-6-9-13(12)14/h6-7,9-11H,3-5,8H2,1-2H3. The zero-order chi connectivity index (χ0) is 13.7. The van der Waals surface area contributed by atoms with Gasteiger partial charge in [-0.1, -0.05) is 38.0 Å². The van der Waals surface area contributed by atoms with E-state index in [1.165, 1.54) is 25.5 Å². The van der Waals surface area contributed by atoms with Crippen molar-refractivity contribution in [1.82, 2.24) is 4.98 Å². The van der Waals surface area contributed by atoms with Gasteiger partial charge in [0.2, 0.25) is 0 Å². The molecule has 0 N–H and O–H groups in total. The molecule has 100 valence electrons. The van der Waals surface area contributed by atoms with E-state index < -0.39 is 0 Å². The van der Waals surface area contributed by atoms with Crippen LogP contribution in [0.2, 0.25) is 0 Å². The maximum absolute atomic E-state index is 11.7. The molecule has 0 radical (unpaired) electrons. The topological polar surface area (TPSA) is 39.2 Å². The first-order valence-corrected chi connectivity index (χ1v) is 6.73. The Morgan fingerprint density at radius 3 is 2.79 bits per heavy atom. The summed E-state index contributed by atoms with van der Waals surface area (Å²) in [5.74, 6) is -0.373. The minimum atomic E-state index is -0.373. The molecule has 19 heavy (non-hydrogen) atoms. The van der Waals surface area contributed by atoms with Gasteiger partial charge < -0.3 is 4.74 Å². The van der Waals surface area contributed by atoms with Crippen LogP contribution in [0.3, 0.4) is 0 Å². The predicted molar refractivity (Wildman–Crippen MR) is 76.3 cm³/mol. The van der Waals surface area contributed by atoms with Crippen molar-refractivity contribution in [3.05, 3.63) is 41.6 Å². The van der Waals surface area contributed by atoms with Gasteiger partial charge in [0.15, 0.2) is 0 Å². The van der Waals surface area contributed by atoms with Crippen LogP contribution in [0.15, 0.2) is 30.3 Å². The lowest BCUT2D eigenvalue weighted by Crippen LogP contribution is -2.06. The summed E-state index contributed by atoms with van der Waals surface area (Å²) in [6.07, 6.45) is 4.49. The number of ether oxygens (including phenoxy) is 1. The highest BCUT2D eigenvalue weighted by atomic mass is 16.5. The Hall–Kier alpha value is -1.90. The lowest BCUT2D eigenvalue weighted by atomic mass is 10.0. The lowest BCUT2D eigenvalue weighted by Gasteiger charge is -2.08. The Kier molecular flexibility index (Phi) is 4.50. The van der Waals surface area contributed by atoms with Gasteiger partial charge in [0.1, 0.15) is 5.69 Å². The molecule has 1 aromatic heterocycles. The molecule has 2 aromatic rings. The van der Waals surface area contributed by atoms with Gasteiger partial charge in [0.05, 0.1) is 12.6 Å². The fourth-order valence-corrected chi connectivity index (χ4v) is 2.23. The van der Waals surface area contributed by atoms with Crippen molar-refractivity contribution in [3.8, 4) is 0 Å². The highest BCUT2D eigenvalue weighted by Gasteiger charge is 2.11. The number of hydrogen-bond acceptors (Lipinski definition) is 3. The number of carbonyl (C=O) groups excluding carboxylic acids is 1. The molecule has 0 atom stereocenters. The first-order valence-electron chi connectivity index (χ1n) is 6.73. The van der Waals surface area contributed by atoms with Crippen LogP contribution in [0.1, 0.15) is 42.2 Å². The van der Waals surface area contributed by atoms with Crippen molar-refractivity contribution in [3.63, 3.8) is 0 Å². The van der Waals surface area contributed by atoms with Gasteiger partial charge in [0, 0.05) is 5.39 Å². The van der Waals surface area contributed by atoms with Crippen molar-refractivity contribution in [2.75, 3.05) is 7.11 Å². The third kappa shape index (κ3) is 3.11. The molecular formula is C16H19NO2. The summed E-state index contributed by atoms with van der Waals surface area (Å²) < 4.78 is 4.76. The van der Waals surface area contributed by atoms with Crippen molar-refractivity contribution in [2.24, 2.45) is 0 Å². The average Bonchev–Trinajstić information content (AvgIpc) is 2.46. The summed E-state index contributed by atoms with van der Waals surface area (Å²) in [4.78, 5) is 16.0. The molecule has 0 fully saturated rings. The summed E-state index contributed by atoms with van der Waals surface area (Å²) in [6.45, 7) is 2.19. The molecule has 1 heterocycles. The van der Waals surface area contributed by atoms with E-state index in [-0.39, 0.29) is 5.97 Å². The number of hydrogen-bond donors (Lipinski definition) is 0. The van der Waals surface area contributed by atoms with Gasteiger partial charge >= 0.3 is 5.97 Å². The Bertz CT molecular complexity index is 578. The van der Waals surface area contributed by atoms with E-state index in [0.717, 1.165) is 23.7 Å². The minimum Gasteiger partial charge on any atom is -0.464 e. The number of nitrogens with zero attached hydrogens (tertiary/aromatic N) is 1. The second-order valence-corrected chi connectivity index (χ2v) is 4.63. The van der Waals surface area contributed by atoms with Gasteiger partial charge in [-0.15, -0.1) is 0 Å². The molecule has 0 saturated heterocycles. The quantitative estimate of drug-likeness (QED) is 0.605. The van der Waals surface area contributed by atoms with E-state index in [0.29, 0.717) is 5.69 Å². The normalized spacial score (nSPS) is 10.6. The zero-order valence-electron chi connectivity index (χ0n) is 11.5. The number of rotatable bonds is 5. The Balaban J connectivity index is 2.42. The molecule has 3 nitrogen and oxygen atoms in total. The molecule has 1 aromatic carbocycles. The van der Waals surface area contributed by atoms with E-state index in [2.05, 4.69) is 18.0 Å². The number of esters is 1. The Labute approximate surface area is 113 Å². The first-order chi connectivity index (χ1) is 9.26. The molecule has 2 rings (SSSR count). The van der Waals surface area contributed by atoms with Crippen molar-refractivity contribution in [2.45, 2.75) is 32.6 Å². The third-order valence-electron chi connectivity index (χ3n) is 3.25. The van der Waals surface area contributed by atoms with Crippen molar-refractivity contribution >= 4 is 16.9 Å². The smallest absolute Gasteiger partial charge is 0.356 e. The number of benzene rings is 1. The van der Waals surface area contributed by atoms with E-state index in [1.54, 1.807) is 0 Å². The van der Waals surface area contributed by atoms with E-state index in [9.17, 15) is 4.79 Å². The van der Waals surface area contributed by atoms with Crippen LogP contribution in [-0.2, 0) is 11.2 Å². The summed E-state index contributed by atoms with van der Waals surface area (Å²) in [6, 6.07) is 9.80. The summed E-state index contributed by atoms with van der Waals surface area (Å²) in [5, 5.41) is 1.13. The molecule has 0 saturated carbocycles. The highest BCUT2D eigenvalue weighted by Crippen LogP contribution is 2.20. The maximum Gasteiger partial charge on any atom is 0.356 e. The SMILES string of the molecule is CCCCCc1cc(C(=O)OC)nc2ccccc12. The number of fused-ring (bicyclic) bond motifs is 1. The number of para-hydroxylation sites is 1. The van der Waals surface area contributed by atoms with Crippen LogP contribution in [0.5, 0.6) is 0 Å². The fourth-order valence-electron chi connectivity index (χ4n) is 2.23. The highest BCUT2D eigenvalue weighted by molar-refractivity contribution is 5.92. The molecule has 3 heteroatoms. The molecule has 0 amide bonds. The largest absolute Gasteiger partial charge is 0.464 e. The van der Waals surface area contributed by atoms with Crippen LogP contribution in [0.25, 0.3) is 10.9 Å². The maximum atomic E-state index is 11.7. The van der Waals surface area contributed by atoms with Crippen LogP contribution in [0.4, 0.5) is 0 Å². The number of unbranched alkanes of at least 4 members (excludes halogenated alkanes) is 2. The van der Waals surface area contributed by atoms with Crippen molar-refractivity contribution in [1.29, 1.82) is 0 Å². The van der Waals surface area contributed by atoms with Gasteiger partial charge in [-0.05, 0) is 30.5 Å². The zero-order valence-corrected chi connectivity index (χ0v) is 11.5. The Morgan fingerprint density at radius 2 is 2.05 bits per heavy atom. The number of aryl methyl sites for hydroxylation is 1. The molecular weight excluding hydrogens is 238 g/mol. The second-order valence-electron chi connectivity index (χ2n) is 4.63. The van der Waals surface area contributed by atoms with Crippen LogP contribution in [0, 0.1) is 0 Å². The van der Waals surface area contributed by atoms with Gasteiger partial charge in [0.25, 0.3) is 0 Å². The second kappa shape index (κ2) is 6.32. The summed E-state index contributed by atoms with van der Waals surface area (Å²) in [7, 11) is 1.38. The molecule has 0 bridgehead atoms. The molecule has 0 aliphatic heterocycles. The average molecular weight is 257 g/mol. The van der Waals surface area contributed by atoms with Crippen molar-refractivity contribution < 1.29 is 9.53 Å². The fraction of sp³-hybridized carbons (Fsp3) is 0.375. The van der Waals surface area contributed by atoms with Gasteiger partial charge in [-0.3, -0.25) is 0 Å². The molecule has 0 aliphatic carbocycles. The molecule has 0 unspecified atom stereocenters. The third-order valence-corrected chi connectivity index (χ3v) is 3.25. The molecule has 0 spiro atoms. The Morgan fingerprint density at radius 1 is 1.26 bits per heavy atom. The van der Waals surface area contributed by atoms with E-state index >= 15 is 0 Å². The number of aromatic nitrogens is 1. The van der Waals surface area contributed by atoms with E-state index in [4.69, 9.17) is 4.74 Å². The van der Waals surface area contributed by atoms with Gasteiger partial charge in [-0.2, -0.15) is 0 Å². The number of carbonyl (C=O) groups is 1. The summed E-state index contributed by atoms with van der Waals surface area (Å²) >= 11 is 0. The first kappa shape index (κ1) is 13.5. The predicted octanol–water partition coefficient (Wildman–Crippen LogP) is 3.75. The van der Waals surface area contributed by atoms with Crippen LogP contribution >= 0.6 is 0 Å². The lowest BCUT2D eigenvalue weighted by molar-refractivity contribution is 0.0594. The van der Waals surface area contributed by atoms with Gasteiger partial charge in [-0.25, -0.2) is 9.78 Å². The molecule has 0 aliphatic rings. The van der Waals surface area contributed by atoms with Crippen LogP contribution in [-0.4, -0.2) is 18.1 Å². The minimum absolute atomic E-state index is 0.373. The van der Waals surface area contributed by atoms with Crippen LogP contribution < -0.4 is 0 Å². The monoisotopic (exact) mass is 257 g/mol. The summed E-state index contributed by atoms with van der Waals surface area (Å²) in [5.41, 5.74) is 2.43. The number of pyridine rings is 1.